The Balaban J connectivity index is 2.40. The van der Waals surface area contributed by atoms with E-state index in [1.54, 1.807) is 4.90 Å². The van der Waals surface area contributed by atoms with Gasteiger partial charge >= 0.3 is 0 Å². The summed E-state index contributed by atoms with van der Waals surface area (Å²) >= 11 is 1.12. The largest absolute Gasteiger partial charge is 0.396 e. The Kier molecular flexibility index (Phi) is 4.95. The summed E-state index contributed by atoms with van der Waals surface area (Å²) in [4.78, 5) is 30.6. The molecule has 1 unspecified atom stereocenters. The Labute approximate surface area is 128 Å². The molecule has 21 heavy (non-hydrogen) atoms. The van der Waals surface area contributed by atoms with Gasteiger partial charge in [-0.25, -0.2) is 4.98 Å². The second-order valence-corrected chi connectivity index (χ2v) is 6.40. The van der Waals surface area contributed by atoms with E-state index in [0.29, 0.717) is 17.8 Å². The van der Waals surface area contributed by atoms with Crippen molar-refractivity contribution in [2.45, 2.75) is 45.1 Å². The average molecular weight is 311 g/mol. The van der Waals surface area contributed by atoms with Crippen LogP contribution in [0.15, 0.2) is 0 Å². The van der Waals surface area contributed by atoms with Gasteiger partial charge < -0.3 is 15.7 Å². The van der Waals surface area contributed by atoms with Gasteiger partial charge in [-0.1, -0.05) is 6.92 Å². The molecule has 0 radical (unpaired) electrons. The summed E-state index contributed by atoms with van der Waals surface area (Å²) in [5.41, 5.74) is 5.56. The van der Waals surface area contributed by atoms with Crippen LogP contribution in [0.1, 0.15) is 64.2 Å². The van der Waals surface area contributed by atoms with E-state index in [0.717, 1.165) is 24.2 Å². The van der Waals surface area contributed by atoms with E-state index in [9.17, 15) is 14.7 Å². The van der Waals surface area contributed by atoms with Crippen LogP contribution in [0.5, 0.6) is 0 Å². The molecule has 116 valence electrons. The number of nitrogens with two attached hydrogens (primary N) is 1. The molecule has 6 nitrogen and oxygen atoms in total. The van der Waals surface area contributed by atoms with Gasteiger partial charge in [0.2, 0.25) is 0 Å². The van der Waals surface area contributed by atoms with Crippen LogP contribution in [-0.4, -0.2) is 46.0 Å². The molecule has 2 amide bonds. The number of rotatable bonds is 5. The Morgan fingerprint density at radius 1 is 1.57 bits per heavy atom. The van der Waals surface area contributed by atoms with Crippen LogP contribution in [-0.2, 0) is 0 Å². The predicted octanol–water partition coefficient (Wildman–Crippen LogP) is 1.35. The first-order chi connectivity index (χ1) is 9.99. The van der Waals surface area contributed by atoms with Gasteiger partial charge in [0.15, 0.2) is 5.01 Å². The molecule has 0 bridgehead atoms. The summed E-state index contributed by atoms with van der Waals surface area (Å²) in [6, 6.07) is 0.179. The maximum atomic E-state index is 12.7. The van der Waals surface area contributed by atoms with Crippen LogP contribution >= 0.6 is 11.3 Å². The number of carbonyl (C=O) groups is 2. The van der Waals surface area contributed by atoms with Crippen molar-refractivity contribution in [1.29, 1.82) is 0 Å². The van der Waals surface area contributed by atoms with Gasteiger partial charge in [0.05, 0.1) is 6.61 Å². The van der Waals surface area contributed by atoms with Crippen LogP contribution in [0, 0.1) is 0 Å². The van der Waals surface area contributed by atoms with Crippen molar-refractivity contribution in [3.63, 3.8) is 0 Å². The highest BCUT2D eigenvalue weighted by molar-refractivity contribution is 7.14. The highest BCUT2D eigenvalue weighted by atomic mass is 32.1. The van der Waals surface area contributed by atoms with Crippen molar-refractivity contribution in [3.05, 3.63) is 15.6 Å². The molecule has 2 atom stereocenters. The van der Waals surface area contributed by atoms with Crippen molar-refractivity contribution < 1.29 is 14.7 Å². The molecule has 1 fully saturated rings. The second kappa shape index (κ2) is 6.53. The first-order valence-electron chi connectivity index (χ1n) is 7.21. The van der Waals surface area contributed by atoms with E-state index < -0.39 is 5.91 Å². The van der Waals surface area contributed by atoms with Gasteiger partial charge in [0.1, 0.15) is 5.69 Å². The molecule has 1 aromatic heterocycles. The smallest absolute Gasteiger partial charge is 0.277 e. The Morgan fingerprint density at radius 3 is 2.76 bits per heavy atom. The van der Waals surface area contributed by atoms with E-state index in [2.05, 4.69) is 4.98 Å². The standard InChI is InChI=1S/C14H21N3O3S/c1-3-9(7-18)11-10(16-13(21-11)12(15)19)14(20)17-6-4-5-8(17)2/h8-9,18H,3-7H2,1-2H3,(H2,15,19)/t8-,9?/m0/s1. The molecule has 3 N–H and O–H groups in total. The lowest BCUT2D eigenvalue weighted by Gasteiger charge is -2.21. The van der Waals surface area contributed by atoms with Crippen LogP contribution in [0.2, 0.25) is 0 Å². The fourth-order valence-electron chi connectivity index (χ4n) is 2.64. The minimum Gasteiger partial charge on any atom is -0.396 e. The van der Waals surface area contributed by atoms with Gasteiger partial charge in [-0.2, -0.15) is 0 Å². The quantitative estimate of drug-likeness (QED) is 0.858. The molecule has 7 heteroatoms. The number of hydrogen-bond donors (Lipinski definition) is 2. The predicted molar refractivity (Wildman–Crippen MR) is 80.5 cm³/mol. The van der Waals surface area contributed by atoms with Crippen LogP contribution < -0.4 is 5.73 Å². The Bertz CT molecular complexity index is 540. The monoisotopic (exact) mass is 311 g/mol. The Morgan fingerprint density at radius 2 is 2.29 bits per heavy atom. The number of carbonyl (C=O) groups excluding carboxylic acids is 2. The third kappa shape index (κ3) is 3.08. The number of primary amides is 1. The average Bonchev–Trinajstić information content (AvgIpc) is 3.06. The number of thiazole rings is 1. The Hall–Kier alpha value is -1.47. The van der Waals surface area contributed by atoms with Gasteiger partial charge in [-0.3, -0.25) is 9.59 Å². The minimum atomic E-state index is -0.637. The number of hydrogen-bond acceptors (Lipinski definition) is 5. The van der Waals surface area contributed by atoms with Crippen molar-refractivity contribution in [2.24, 2.45) is 5.73 Å². The first kappa shape index (κ1) is 15.9. The lowest BCUT2D eigenvalue weighted by molar-refractivity contribution is 0.0740. The number of aliphatic hydroxyl groups excluding tert-OH is 1. The summed E-state index contributed by atoms with van der Waals surface area (Å²) in [7, 11) is 0. The summed E-state index contributed by atoms with van der Waals surface area (Å²) in [6.07, 6.45) is 2.63. The zero-order valence-electron chi connectivity index (χ0n) is 12.3. The number of nitrogens with zero attached hydrogens (tertiary/aromatic N) is 2. The molecular weight excluding hydrogens is 290 g/mol. The van der Waals surface area contributed by atoms with Gasteiger partial charge in [-0.05, 0) is 26.2 Å². The number of likely N-dealkylation sites (tertiary alicyclic amines) is 1. The van der Waals surface area contributed by atoms with Crippen LogP contribution in [0.25, 0.3) is 0 Å². The summed E-state index contributed by atoms with van der Waals surface area (Å²) < 4.78 is 0. The van der Waals surface area contributed by atoms with Crippen molar-refractivity contribution in [3.8, 4) is 0 Å². The molecule has 0 saturated carbocycles. The molecule has 0 aromatic carbocycles. The lowest BCUT2D eigenvalue weighted by Crippen LogP contribution is -2.34. The van der Waals surface area contributed by atoms with Gasteiger partial charge in [-0.15, -0.1) is 11.3 Å². The fourth-order valence-corrected chi connectivity index (χ4v) is 3.72. The second-order valence-electron chi connectivity index (χ2n) is 5.37. The normalized spacial score (nSPS) is 19.8. The van der Waals surface area contributed by atoms with E-state index >= 15 is 0 Å². The summed E-state index contributed by atoms with van der Waals surface area (Å²) in [6.45, 7) is 4.57. The fraction of sp³-hybridized carbons (Fsp3) is 0.643. The molecule has 0 spiro atoms. The maximum absolute atomic E-state index is 12.7. The molecule has 2 heterocycles. The third-order valence-electron chi connectivity index (χ3n) is 3.96. The van der Waals surface area contributed by atoms with Gasteiger partial charge in [0.25, 0.3) is 11.8 Å². The minimum absolute atomic E-state index is 0.0767. The molecule has 1 aromatic rings. The third-order valence-corrected chi connectivity index (χ3v) is 5.20. The van der Waals surface area contributed by atoms with Crippen molar-refractivity contribution in [2.75, 3.05) is 13.2 Å². The topological polar surface area (TPSA) is 96.5 Å². The van der Waals surface area contributed by atoms with Crippen LogP contribution in [0.3, 0.4) is 0 Å². The number of amides is 2. The number of aliphatic hydroxyl groups is 1. The lowest BCUT2D eigenvalue weighted by atomic mass is 10.0. The SMILES string of the molecule is CCC(CO)c1sc(C(N)=O)nc1C(=O)N1CCC[C@@H]1C. The molecule has 1 saturated heterocycles. The highest BCUT2D eigenvalue weighted by Gasteiger charge is 2.32. The zero-order chi connectivity index (χ0) is 15.6. The maximum Gasteiger partial charge on any atom is 0.277 e. The van der Waals surface area contributed by atoms with Crippen molar-refractivity contribution in [1.82, 2.24) is 9.88 Å². The molecule has 1 aliphatic heterocycles. The van der Waals surface area contributed by atoms with E-state index in [4.69, 9.17) is 5.73 Å². The zero-order valence-corrected chi connectivity index (χ0v) is 13.2. The molecule has 2 rings (SSSR count). The van der Waals surface area contributed by atoms with E-state index in [1.807, 2.05) is 13.8 Å². The molecule has 1 aliphatic rings. The molecular formula is C14H21N3O3S. The number of aromatic nitrogens is 1. The van der Waals surface area contributed by atoms with Crippen molar-refractivity contribution >= 4 is 23.2 Å². The van der Waals surface area contributed by atoms with Gasteiger partial charge in [0, 0.05) is 23.4 Å². The van der Waals surface area contributed by atoms with Crippen LogP contribution in [0.4, 0.5) is 0 Å². The summed E-state index contributed by atoms with van der Waals surface area (Å²) in [5.74, 6) is -0.985. The molecule has 0 aliphatic carbocycles. The van der Waals surface area contributed by atoms with E-state index in [1.165, 1.54) is 0 Å². The van der Waals surface area contributed by atoms with E-state index in [-0.39, 0.29) is 35.2 Å². The highest BCUT2D eigenvalue weighted by Crippen LogP contribution is 2.31. The first-order valence-corrected chi connectivity index (χ1v) is 8.03. The summed E-state index contributed by atoms with van der Waals surface area (Å²) in [5, 5.41) is 9.62.